The highest BCUT2D eigenvalue weighted by molar-refractivity contribution is 5.90. The monoisotopic (exact) mass is 333 g/mol. The normalized spacial score (nSPS) is 23.6. The molecule has 0 saturated carbocycles. The van der Waals surface area contributed by atoms with Crippen LogP contribution in [0.2, 0.25) is 0 Å². The molecule has 0 spiro atoms. The summed E-state index contributed by atoms with van der Waals surface area (Å²) in [5.74, 6) is -0.00166. The third-order valence-electron chi connectivity index (χ3n) is 4.31. The van der Waals surface area contributed by atoms with E-state index in [1.54, 1.807) is 4.90 Å². The predicted molar refractivity (Wildman–Crippen MR) is 86.9 cm³/mol. The van der Waals surface area contributed by atoms with Crippen molar-refractivity contribution in [3.8, 4) is 0 Å². The summed E-state index contributed by atoms with van der Waals surface area (Å²) in [6, 6.07) is -0.805. The number of nitrogens with zero attached hydrogens (tertiary/aromatic N) is 2. The van der Waals surface area contributed by atoms with Gasteiger partial charge in [0.25, 0.3) is 0 Å². The van der Waals surface area contributed by atoms with Crippen LogP contribution in [0, 0.1) is 0 Å². The van der Waals surface area contributed by atoms with Crippen molar-refractivity contribution >= 4 is 24.2 Å². The maximum Gasteiger partial charge on any atom is 0.245 e. The van der Waals surface area contributed by atoms with Gasteiger partial charge in [0.2, 0.25) is 11.8 Å². The average Bonchev–Trinajstić information content (AvgIpc) is 2.54. The lowest BCUT2D eigenvalue weighted by molar-refractivity contribution is -0.150. The van der Waals surface area contributed by atoms with Gasteiger partial charge in [0, 0.05) is 19.6 Å². The fraction of sp³-hybridized carbons (Fsp3) is 0.867. The van der Waals surface area contributed by atoms with Gasteiger partial charge in [-0.05, 0) is 25.7 Å². The van der Waals surface area contributed by atoms with E-state index in [1.807, 2.05) is 11.8 Å². The molecule has 2 rings (SSSR count). The minimum absolute atomic E-state index is 0. The van der Waals surface area contributed by atoms with Crippen LogP contribution in [0.15, 0.2) is 0 Å². The van der Waals surface area contributed by atoms with Gasteiger partial charge in [0.1, 0.15) is 6.04 Å². The number of likely N-dealkylation sites (tertiary alicyclic amines) is 1. The number of ether oxygens (including phenoxy) is 1. The highest BCUT2D eigenvalue weighted by Gasteiger charge is 2.36. The molecule has 0 radical (unpaired) electrons. The Hall–Kier alpha value is -0.850. The van der Waals surface area contributed by atoms with E-state index in [-0.39, 0.29) is 30.3 Å². The van der Waals surface area contributed by atoms with E-state index in [9.17, 15) is 9.59 Å². The first kappa shape index (κ1) is 19.2. The summed E-state index contributed by atoms with van der Waals surface area (Å²) in [6.45, 7) is 5.08. The molecule has 2 unspecified atom stereocenters. The van der Waals surface area contributed by atoms with Gasteiger partial charge in [-0.15, -0.1) is 12.4 Å². The molecule has 0 bridgehead atoms. The third-order valence-corrected chi connectivity index (χ3v) is 4.31. The lowest BCUT2D eigenvalue weighted by Gasteiger charge is -2.39. The number of amides is 2. The molecule has 6 nitrogen and oxygen atoms in total. The maximum atomic E-state index is 12.7. The fourth-order valence-electron chi connectivity index (χ4n) is 3.09. The molecule has 2 N–H and O–H groups in total. The van der Waals surface area contributed by atoms with E-state index in [2.05, 4.69) is 0 Å². The van der Waals surface area contributed by atoms with E-state index in [0.29, 0.717) is 39.3 Å². The smallest absolute Gasteiger partial charge is 0.245 e. The fourth-order valence-corrected chi connectivity index (χ4v) is 3.09. The van der Waals surface area contributed by atoms with Gasteiger partial charge in [0.05, 0.1) is 19.3 Å². The molecule has 22 heavy (non-hydrogen) atoms. The van der Waals surface area contributed by atoms with Gasteiger partial charge in [-0.3, -0.25) is 9.59 Å². The Morgan fingerprint density at radius 1 is 1.23 bits per heavy atom. The Kier molecular flexibility index (Phi) is 8.14. The first-order valence-electron chi connectivity index (χ1n) is 8.07. The second-order valence-corrected chi connectivity index (χ2v) is 5.88. The zero-order valence-corrected chi connectivity index (χ0v) is 14.1. The van der Waals surface area contributed by atoms with Crippen LogP contribution in [0.5, 0.6) is 0 Å². The van der Waals surface area contributed by atoms with Crippen molar-refractivity contribution in [2.24, 2.45) is 5.73 Å². The minimum Gasteiger partial charge on any atom is -0.378 e. The summed E-state index contributed by atoms with van der Waals surface area (Å²) >= 11 is 0. The van der Waals surface area contributed by atoms with Gasteiger partial charge in [-0.1, -0.05) is 13.3 Å². The van der Waals surface area contributed by atoms with Crippen molar-refractivity contribution in [2.45, 2.75) is 51.1 Å². The van der Waals surface area contributed by atoms with E-state index < -0.39 is 6.04 Å². The zero-order valence-electron chi connectivity index (χ0n) is 13.3. The Bertz CT molecular complexity index is 375. The lowest BCUT2D eigenvalue weighted by atomic mass is 9.98. The van der Waals surface area contributed by atoms with Crippen molar-refractivity contribution < 1.29 is 14.3 Å². The largest absolute Gasteiger partial charge is 0.378 e. The van der Waals surface area contributed by atoms with E-state index in [1.165, 1.54) is 0 Å². The number of piperidine rings is 1. The van der Waals surface area contributed by atoms with Crippen LogP contribution in [0.3, 0.4) is 0 Å². The molecule has 2 amide bonds. The maximum absolute atomic E-state index is 12.7. The summed E-state index contributed by atoms with van der Waals surface area (Å²) in [5, 5.41) is 0. The number of nitrogens with two attached hydrogens (primary N) is 1. The van der Waals surface area contributed by atoms with Crippen LogP contribution in [0.25, 0.3) is 0 Å². The van der Waals surface area contributed by atoms with Crippen molar-refractivity contribution in [2.75, 3.05) is 32.8 Å². The molecule has 2 aliphatic heterocycles. The van der Waals surface area contributed by atoms with Crippen molar-refractivity contribution in [1.29, 1.82) is 0 Å². The summed E-state index contributed by atoms with van der Waals surface area (Å²) in [5.41, 5.74) is 5.96. The van der Waals surface area contributed by atoms with Gasteiger partial charge in [-0.25, -0.2) is 0 Å². The number of halogens is 1. The lowest BCUT2D eigenvalue weighted by Crippen LogP contribution is -2.57. The molecule has 2 saturated heterocycles. The average molecular weight is 334 g/mol. The molecule has 0 aromatic carbocycles. The minimum atomic E-state index is -0.479. The van der Waals surface area contributed by atoms with E-state index in [0.717, 1.165) is 25.7 Å². The molecule has 7 heteroatoms. The molecule has 2 aliphatic rings. The first-order valence-corrected chi connectivity index (χ1v) is 8.07. The third kappa shape index (κ3) is 4.57. The molecule has 128 valence electrons. The van der Waals surface area contributed by atoms with Gasteiger partial charge in [-0.2, -0.15) is 0 Å². The number of hydrogen-bond acceptors (Lipinski definition) is 4. The number of rotatable bonds is 4. The molecule has 2 atom stereocenters. The van der Waals surface area contributed by atoms with Crippen LogP contribution < -0.4 is 5.73 Å². The van der Waals surface area contributed by atoms with Crippen molar-refractivity contribution in [3.63, 3.8) is 0 Å². The van der Waals surface area contributed by atoms with Gasteiger partial charge in [0.15, 0.2) is 0 Å². The SMILES string of the molecule is CCCC(N)C(=O)N1CCCCC1C(=O)N1CCOCC1.Cl. The Labute approximate surface area is 138 Å². The van der Waals surface area contributed by atoms with E-state index >= 15 is 0 Å². The topological polar surface area (TPSA) is 75.9 Å². The molecule has 0 aromatic heterocycles. The quantitative estimate of drug-likeness (QED) is 0.824. The Morgan fingerprint density at radius 3 is 2.55 bits per heavy atom. The van der Waals surface area contributed by atoms with Gasteiger partial charge < -0.3 is 20.3 Å². The molecular weight excluding hydrogens is 306 g/mol. The van der Waals surface area contributed by atoms with Crippen LogP contribution in [0.4, 0.5) is 0 Å². The van der Waals surface area contributed by atoms with Crippen LogP contribution in [0.1, 0.15) is 39.0 Å². The Morgan fingerprint density at radius 2 is 1.91 bits per heavy atom. The highest BCUT2D eigenvalue weighted by atomic mass is 35.5. The molecule has 2 heterocycles. The zero-order chi connectivity index (χ0) is 15.2. The van der Waals surface area contributed by atoms with Crippen LogP contribution >= 0.6 is 12.4 Å². The summed E-state index contributed by atoms with van der Waals surface area (Å²) in [4.78, 5) is 28.7. The summed E-state index contributed by atoms with van der Waals surface area (Å²) < 4.78 is 5.29. The summed E-state index contributed by atoms with van der Waals surface area (Å²) in [6.07, 6.45) is 4.25. The highest BCUT2D eigenvalue weighted by Crippen LogP contribution is 2.21. The molecule has 0 aromatic rings. The number of carbonyl (C=O) groups is 2. The molecule has 2 fully saturated rings. The molecular formula is C15H28ClN3O3. The van der Waals surface area contributed by atoms with Crippen LogP contribution in [-0.4, -0.2) is 66.5 Å². The van der Waals surface area contributed by atoms with Crippen molar-refractivity contribution in [1.82, 2.24) is 9.80 Å². The Balaban J connectivity index is 0.00000242. The first-order chi connectivity index (χ1) is 10.1. The van der Waals surface area contributed by atoms with Crippen molar-refractivity contribution in [3.05, 3.63) is 0 Å². The van der Waals surface area contributed by atoms with Gasteiger partial charge >= 0.3 is 0 Å². The van der Waals surface area contributed by atoms with E-state index in [4.69, 9.17) is 10.5 Å². The second kappa shape index (κ2) is 9.33. The number of morpholine rings is 1. The number of hydrogen-bond donors (Lipinski definition) is 1. The van der Waals surface area contributed by atoms with Crippen LogP contribution in [-0.2, 0) is 14.3 Å². The molecule has 0 aliphatic carbocycles. The summed E-state index contributed by atoms with van der Waals surface area (Å²) in [7, 11) is 0. The number of carbonyl (C=O) groups excluding carboxylic acids is 2. The standard InChI is InChI=1S/C15H27N3O3.ClH/c1-2-5-12(16)14(19)18-7-4-3-6-13(18)15(20)17-8-10-21-11-9-17;/h12-13H,2-11,16H2,1H3;1H. The second-order valence-electron chi connectivity index (χ2n) is 5.88. The predicted octanol–water partition coefficient (Wildman–Crippen LogP) is 0.776.